The predicted octanol–water partition coefficient (Wildman–Crippen LogP) is -2.17. The zero-order valence-corrected chi connectivity index (χ0v) is 6.27. The molecular weight excluding hydrogens is 224 g/mol. The number of hydrogen-bond donors (Lipinski definition) is 0. The van der Waals surface area contributed by atoms with Crippen molar-refractivity contribution in [2.24, 2.45) is 0 Å². The second-order valence-electron chi connectivity index (χ2n) is 0.408. The minimum Gasteiger partial charge on any atom is -0.759 e. The molecule has 0 aliphatic heterocycles. The van der Waals surface area contributed by atoms with Crippen LogP contribution in [0.1, 0.15) is 0 Å². The van der Waals surface area contributed by atoms with Gasteiger partial charge >= 0.3 is 0 Å². The predicted molar refractivity (Wildman–Crippen MR) is 14.1 cm³/mol. The van der Waals surface area contributed by atoms with Crippen LogP contribution in [0, 0.1) is 0 Å². The molecule has 56 valence electrons. The standard InChI is InChI=1S/2Fe.H2O4S.H2O/c;;1-5(2,3)4;/h;;(H2,1,2,3,4);1H2/p-2. The molecule has 8 heavy (non-hydrogen) atoms. The van der Waals surface area contributed by atoms with Crippen LogP contribution >= 0.6 is 0 Å². The average molecular weight is 226 g/mol. The molecule has 0 saturated carbocycles. The molecule has 0 unspecified atom stereocenters. The van der Waals surface area contributed by atoms with Crippen LogP contribution in [0.25, 0.3) is 0 Å². The van der Waals surface area contributed by atoms with Crippen LogP contribution in [0.3, 0.4) is 0 Å². The molecule has 0 aliphatic rings. The summed E-state index contributed by atoms with van der Waals surface area (Å²) in [6, 6.07) is 0. The van der Waals surface area contributed by atoms with Gasteiger partial charge in [-0.2, -0.15) is 0 Å². The number of hydrogen-bond acceptors (Lipinski definition) is 4. The largest absolute Gasteiger partial charge is 0.759 e. The van der Waals surface area contributed by atoms with Gasteiger partial charge in [-0.1, -0.05) is 0 Å². The molecular formula is H2Fe2O5S-2. The Morgan fingerprint density at radius 2 is 1.00 bits per heavy atom. The van der Waals surface area contributed by atoms with Gasteiger partial charge in [0.15, 0.2) is 0 Å². The minimum absolute atomic E-state index is 0. The molecule has 0 aromatic rings. The first-order valence-electron chi connectivity index (χ1n) is 0.667. The second kappa shape index (κ2) is 7.87. The van der Waals surface area contributed by atoms with Crippen LogP contribution in [0.4, 0.5) is 0 Å². The van der Waals surface area contributed by atoms with Crippen molar-refractivity contribution in [3.63, 3.8) is 0 Å². The molecule has 0 heterocycles. The molecule has 0 saturated heterocycles. The van der Waals surface area contributed by atoms with E-state index in [1.54, 1.807) is 0 Å². The van der Waals surface area contributed by atoms with Gasteiger partial charge in [0.05, 0.1) is 0 Å². The first-order valence-corrected chi connectivity index (χ1v) is 2.00. The molecule has 0 bridgehead atoms. The van der Waals surface area contributed by atoms with E-state index in [2.05, 4.69) is 0 Å². The molecule has 0 atom stereocenters. The fourth-order valence-corrected chi connectivity index (χ4v) is 0. The normalized spacial score (nSPS) is 7.25. The summed E-state index contributed by atoms with van der Waals surface area (Å²) in [4.78, 5) is 0. The van der Waals surface area contributed by atoms with Crippen molar-refractivity contribution in [1.29, 1.82) is 0 Å². The van der Waals surface area contributed by atoms with Gasteiger partial charge in [-0.15, -0.1) is 0 Å². The Kier molecular flexibility index (Phi) is 22.8. The van der Waals surface area contributed by atoms with Crippen molar-refractivity contribution in [2.45, 2.75) is 0 Å². The molecule has 0 aromatic heterocycles. The van der Waals surface area contributed by atoms with E-state index in [1.165, 1.54) is 0 Å². The molecule has 0 rings (SSSR count). The first kappa shape index (κ1) is 23.2. The third-order valence-corrected chi connectivity index (χ3v) is 0. The zero-order valence-electron chi connectivity index (χ0n) is 3.25. The molecule has 0 spiro atoms. The van der Waals surface area contributed by atoms with Crippen molar-refractivity contribution in [3.8, 4) is 0 Å². The summed E-state index contributed by atoms with van der Waals surface area (Å²) >= 11 is 0. The van der Waals surface area contributed by atoms with E-state index in [0.717, 1.165) is 0 Å². The van der Waals surface area contributed by atoms with Crippen LogP contribution in [-0.2, 0) is 44.5 Å². The number of rotatable bonds is 0. The molecule has 0 amide bonds. The Balaban J connectivity index is -0.0000000267. The smallest absolute Gasteiger partial charge is 0.0311 e. The van der Waals surface area contributed by atoms with Gasteiger partial charge in [0.2, 0.25) is 0 Å². The van der Waals surface area contributed by atoms with Gasteiger partial charge < -0.3 is 14.6 Å². The maximum atomic E-state index is 8.52. The summed E-state index contributed by atoms with van der Waals surface area (Å²) in [5.74, 6) is 0. The van der Waals surface area contributed by atoms with Crippen LogP contribution in [-0.4, -0.2) is 23.0 Å². The summed E-state index contributed by atoms with van der Waals surface area (Å²) in [5, 5.41) is 0. The summed E-state index contributed by atoms with van der Waals surface area (Å²) in [6.07, 6.45) is 0. The zero-order chi connectivity index (χ0) is 4.50. The van der Waals surface area contributed by atoms with Gasteiger partial charge in [0.25, 0.3) is 0 Å². The Morgan fingerprint density at radius 3 is 1.00 bits per heavy atom. The van der Waals surface area contributed by atoms with Crippen LogP contribution in [0.2, 0.25) is 0 Å². The van der Waals surface area contributed by atoms with Crippen molar-refractivity contribution < 1.29 is 57.1 Å². The molecule has 0 fully saturated rings. The van der Waals surface area contributed by atoms with E-state index in [9.17, 15) is 0 Å². The van der Waals surface area contributed by atoms with Crippen LogP contribution in [0.5, 0.6) is 0 Å². The maximum absolute atomic E-state index is 8.52. The average Bonchev–Trinajstić information content (AvgIpc) is 0.722. The molecule has 8 heteroatoms. The van der Waals surface area contributed by atoms with Crippen molar-refractivity contribution >= 4 is 10.4 Å². The van der Waals surface area contributed by atoms with Gasteiger partial charge in [-0.25, -0.2) is 0 Å². The van der Waals surface area contributed by atoms with Crippen LogP contribution in [0.15, 0.2) is 0 Å². The summed E-state index contributed by atoms with van der Waals surface area (Å²) in [6.45, 7) is 0. The summed E-state index contributed by atoms with van der Waals surface area (Å²) in [5.41, 5.74) is 0. The maximum Gasteiger partial charge on any atom is 0.0311 e. The SMILES string of the molecule is O.O=S(=O)([O-])[O-].[Fe].[Fe]. The van der Waals surface area contributed by atoms with Crippen molar-refractivity contribution in [3.05, 3.63) is 0 Å². The molecule has 5 nitrogen and oxygen atoms in total. The minimum atomic E-state index is -5.17. The Hall–Kier alpha value is 0.869. The summed E-state index contributed by atoms with van der Waals surface area (Å²) in [7, 11) is -5.17. The van der Waals surface area contributed by atoms with Crippen molar-refractivity contribution in [1.82, 2.24) is 0 Å². The van der Waals surface area contributed by atoms with Gasteiger partial charge in [-0.3, -0.25) is 8.42 Å². The Morgan fingerprint density at radius 1 is 1.00 bits per heavy atom. The van der Waals surface area contributed by atoms with E-state index < -0.39 is 10.4 Å². The fourth-order valence-electron chi connectivity index (χ4n) is 0. The van der Waals surface area contributed by atoms with Crippen LogP contribution < -0.4 is 0 Å². The molecule has 0 radical (unpaired) electrons. The third kappa shape index (κ3) is 313. The third-order valence-electron chi connectivity index (χ3n) is 0. The van der Waals surface area contributed by atoms with Crippen molar-refractivity contribution in [2.75, 3.05) is 0 Å². The molecule has 0 aromatic carbocycles. The van der Waals surface area contributed by atoms with E-state index in [-0.39, 0.29) is 39.6 Å². The van der Waals surface area contributed by atoms with E-state index in [0.29, 0.717) is 0 Å². The second-order valence-corrected chi connectivity index (χ2v) is 1.22. The van der Waals surface area contributed by atoms with E-state index in [4.69, 9.17) is 17.5 Å². The topological polar surface area (TPSA) is 112 Å². The molecule has 0 aliphatic carbocycles. The Bertz CT molecular complexity index is 93.6. The van der Waals surface area contributed by atoms with Gasteiger partial charge in [-0.05, 0) is 0 Å². The van der Waals surface area contributed by atoms with E-state index in [1.807, 2.05) is 0 Å². The van der Waals surface area contributed by atoms with E-state index >= 15 is 0 Å². The van der Waals surface area contributed by atoms with Gasteiger partial charge in [0, 0.05) is 44.5 Å². The first-order chi connectivity index (χ1) is 2.00. The molecule has 2 N–H and O–H groups in total. The monoisotopic (exact) mass is 226 g/mol. The summed E-state index contributed by atoms with van der Waals surface area (Å²) < 4.78 is 34.1. The van der Waals surface area contributed by atoms with Gasteiger partial charge in [0.1, 0.15) is 0 Å². The fraction of sp³-hybridized carbons (Fsp3) is 0. The Labute approximate surface area is 67.7 Å². The quantitative estimate of drug-likeness (QED) is 0.265.